The van der Waals surface area contributed by atoms with Gasteiger partial charge in [0.1, 0.15) is 12.3 Å². The van der Waals surface area contributed by atoms with Gasteiger partial charge in [-0.25, -0.2) is 4.79 Å². The molecule has 0 spiro atoms. The van der Waals surface area contributed by atoms with Crippen molar-refractivity contribution >= 4 is 29.0 Å². The van der Waals surface area contributed by atoms with E-state index >= 15 is 0 Å². The van der Waals surface area contributed by atoms with Crippen LogP contribution in [-0.2, 0) is 17.9 Å². The molecular weight excluding hydrogens is 458 g/mol. The van der Waals surface area contributed by atoms with Crippen LogP contribution in [-0.4, -0.2) is 41.9 Å². The zero-order valence-electron chi connectivity index (χ0n) is 21.0. The SMILES string of the molecule is CC[C@@H](C)CN(CC(=O)N(Cc1ccccc1)Cc1ccc(C)s1)C(=O)Nc1cccc(OC)c1. The molecule has 186 valence electrons. The Bertz CT molecular complexity index is 1100. The van der Waals surface area contributed by atoms with E-state index < -0.39 is 0 Å². The summed E-state index contributed by atoms with van der Waals surface area (Å²) in [5.41, 5.74) is 1.69. The van der Waals surface area contributed by atoms with Crippen LogP contribution in [0.5, 0.6) is 5.75 Å². The smallest absolute Gasteiger partial charge is 0.322 e. The van der Waals surface area contributed by atoms with E-state index in [9.17, 15) is 9.59 Å². The highest BCUT2D eigenvalue weighted by Crippen LogP contribution is 2.20. The maximum Gasteiger partial charge on any atom is 0.322 e. The molecule has 0 bridgehead atoms. The number of carbonyl (C=O) groups excluding carboxylic acids is 2. The summed E-state index contributed by atoms with van der Waals surface area (Å²) < 4.78 is 5.27. The lowest BCUT2D eigenvalue weighted by Gasteiger charge is -2.29. The maximum absolute atomic E-state index is 13.6. The van der Waals surface area contributed by atoms with E-state index in [1.165, 1.54) is 4.88 Å². The predicted molar refractivity (Wildman–Crippen MR) is 143 cm³/mol. The second-order valence-electron chi connectivity index (χ2n) is 8.80. The lowest BCUT2D eigenvalue weighted by atomic mass is 10.1. The Labute approximate surface area is 212 Å². The summed E-state index contributed by atoms with van der Waals surface area (Å²) >= 11 is 1.69. The fourth-order valence-electron chi connectivity index (χ4n) is 3.69. The number of nitrogens with zero attached hydrogens (tertiary/aromatic N) is 2. The summed E-state index contributed by atoms with van der Waals surface area (Å²) in [6.07, 6.45) is 0.916. The quantitative estimate of drug-likeness (QED) is 0.347. The van der Waals surface area contributed by atoms with Crippen molar-refractivity contribution in [2.75, 3.05) is 25.5 Å². The van der Waals surface area contributed by atoms with Crippen LogP contribution in [0.1, 0.15) is 35.6 Å². The summed E-state index contributed by atoms with van der Waals surface area (Å²) in [5.74, 6) is 0.845. The van der Waals surface area contributed by atoms with Crippen LogP contribution in [0, 0.1) is 12.8 Å². The molecule has 3 amide bonds. The molecule has 0 aliphatic carbocycles. The number of benzene rings is 2. The van der Waals surface area contributed by atoms with Crippen LogP contribution in [0.3, 0.4) is 0 Å². The summed E-state index contributed by atoms with van der Waals surface area (Å²) in [6.45, 7) is 7.76. The number of ether oxygens (including phenoxy) is 1. The first-order chi connectivity index (χ1) is 16.9. The highest BCUT2D eigenvalue weighted by Gasteiger charge is 2.23. The molecular formula is C28H35N3O3S. The minimum absolute atomic E-state index is 0.0112. The number of nitrogens with one attached hydrogen (secondary N) is 1. The lowest BCUT2D eigenvalue weighted by Crippen LogP contribution is -2.45. The Balaban J connectivity index is 1.78. The average molecular weight is 494 g/mol. The van der Waals surface area contributed by atoms with Gasteiger partial charge in [-0.3, -0.25) is 4.79 Å². The standard InChI is InChI=1S/C28H35N3O3S/c1-5-21(2)17-31(28(33)29-24-12-9-13-25(16-24)34-4)20-27(32)30(18-23-10-7-6-8-11-23)19-26-15-14-22(3)35-26/h6-16,21H,5,17-20H2,1-4H3,(H,29,33)/t21-/m1/s1. The van der Waals surface area contributed by atoms with E-state index in [0.29, 0.717) is 31.1 Å². The average Bonchev–Trinajstić information content (AvgIpc) is 3.28. The van der Waals surface area contributed by atoms with Crippen molar-refractivity contribution in [3.05, 3.63) is 82.0 Å². The van der Waals surface area contributed by atoms with Gasteiger partial charge < -0.3 is 19.9 Å². The van der Waals surface area contributed by atoms with Crippen molar-refractivity contribution in [1.82, 2.24) is 9.80 Å². The van der Waals surface area contributed by atoms with Crippen molar-refractivity contribution in [1.29, 1.82) is 0 Å². The molecule has 0 saturated carbocycles. The van der Waals surface area contributed by atoms with Gasteiger partial charge in [0, 0.05) is 34.6 Å². The number of methoxy groups -OCH3 is 1. The second-order valence-corrected chi connectivity index (χ2v) is 10.2. The van der Waals surface area contributed by atoms with Crippen LogP contribution in [0.4, 0.5) is 10.5 Å². The lowest BCUT2D eigenvalue weighted by molar-refractivity contribution is -0.133. The van der Waals surface area contributed by atoms with E-state index in [-0.39, 0.29) is 24.4 Å². The number of aryl methyl sites for hydroxylation is 1. The molecule has 0 aliphatic rings. The van der Waals surface area contributed by atoms with Crippen molar-refractivity contribution in [3.8, 4) is 5.75 Å². The van der Waals surface area contributed by atoms with Crippen LogP contribution in [0.2, 0.25) is 0 Å². The Morgan fingerprint density at radius 1 is 1.00 bits per heavy atom. The second kappa shape index (κ2) is 13.0. The molecule has 1 aromatic heterocycles. The molecule has 2 aromatic carbocycles. The minimum atomic E-state index is -0.293. The monoisotopic (exact) mass is 493 g/mol. The highest BCUT2D eigenvalue weighted by atomic mass is 32.1. The van der Waals surface area contributed by atoms with Crippen molar-refractivity contribution in [2.45, 2.75) is 40.3 Å². The molecule has 0 saturated heterocycles. The number of anilines is 1. The van der Waals surface area contributed by atoms with Gasteiger partial charge >= 0.3 is 6.03 Å². The molecule has 35 heavy (non-hydrogen) atoms. The van der Waals surface area contributed by atoms with E-state index in [1.807, 2.05) is 53.4 Å². The topological polar surface area (TPSA) is 61.9 Å². The summed E-state index contributed by atoms with van der Waals surface area (Å²) in [6, 6.07) is 21.0. The van der Waals surface area contributed by atoms with Crippen molar-refractivity contribution in [2.24, 2.45) is 5.92 Å². The number of rotatable bonds is 11. The van der Waals surface area contributed by atoms with Crippen LogP contribution >= 0.6 is 11.3 Å². The third-order valence-corrected chi connectivity index (χ3v) is 6.86. The zero-order chi connectivity index (χ0) is 25.2. The molecule has 7 heteroatoms. The molecule has 0 radical (unpaired) electrons. The molecule has 0 aliphatic heterocycles. The van der Waals surface area contributed by atoms with Crippen molar-refractivity contribution < 1.29 is 14.3 Å². The molecule has 1 heterocycles. The normalized spacial score (nSPS) is 11.5. The molecule has 6 nitrogen and oxygen atoms in total. The molecule has 1 N–H and O–H groups in total. The number of hydrogen-bond acceptors (Lipinski definition) is 4. The molecule has 3 rings (SSSR count). The van der Waals surface area contributed by atoms with E-state index in [2.05, 4.69) is 38.2 Å². The number of thiophene rings is 1. The first kappa shape index (κ1) is 26.3. The third-order valence-electron chi connectivity index (χ3n) is 5.88. The highest BCUT2D eigenvalue weighted by molar-refractivity contribution is 7.11. The Morgan fingerprint density at radius 3 is 2.43 bits per heavy atom. The number of urea groups is 1. The molecule has 1 atom stereocenters. The fraction of sp³-hybridized carbons (Fsp3) is 0.357. The van der Waals surface area contributed by atoms with Crippen LogP contribution < -0.4 is 10.1 Å². The fourth-order valence-corrected chi connectivity index (χ4v) is 4.59. The van der Waals surface area contributed by atoms with E-state index in [1.54, 1.807) is 29.4 Å². The zero-order valence-corrected chi connectivity index (χ0v) is 21.8. The molecule has 3 aromatic rings. The van der Waals surface area contributed by atoms with Gasteiger partial charge in [0.25, 0.3) is 0 Å². The van der Waals surface area contributed by atoms with Crippen LogP contribution in [0.15, 0.2) is 66.7 Å². The predicted octanol–water partition coefficient (Wildman–Crippen LogP) is 6.17. The van der Waals surface area contributed by atoms with Crippen LogP contribution in [0.25, 0.3) is 0 Å². The Morgan fingerprint density at radius 2 is 1.77 bits per heavy atom. The third kappa shape index (κ3) is 8.14. The maximum atomic E-state index is 13.6. The van der Waals surface area contributed by atoms with Gasteiger partial charge in [0.05, 0.1) is 13.7 Å². The van der Waals surface area contributed by atoms with Gasteiger partial charge in [0.2, 0.25) is 5.91 Å². The molecule has 0 fully saturated rings. The number of hydrogen-bond donors (Lipinski definition) is 1. The van der Waals surface area contributed by atoms with E-state index in [4.69, 9.17) is 4.74 Å². The summed E-state index contributed by atoms with van der Waals surface area (Å²) in [5, 5.41) is 2.93. The van der Waals surface area contributed by atoms with Gasteiger partial charge in [-0.05, 0) is 42.7 Å². The Kier molecular flexibility index (Phi) is 9.73. The minimum Gasteiger partial charge on any atom is -0.497 e. The number of amides is 3. The summed E-state index contributed by atoms with van der Waals surface area (Å²) in [7, 11) is 1.59. The first-order valence-electron chi connectivity index (χ1n) is 11.9. The number of carbonyl (C=O) groups is 2. The largest absolute Gasteiger partial charge is 0.497 e. The van der Waals surface area contributed by atoms with Crippen molar-refractivity contribution in [3.63, 3.8) is 0 Å². The molecule has 0 unspecified atom stereocenters. The van der Waals surface area contributed by atoms with Gasteiger partial charge in [-0.1, -0.05) is 56.7 Å². The Hall–Kier alpha value is -3.32. The van der Waals surface area contributed by atoms with Gasteiger partial charge in [-0.15, -0.1) is 11.3 Å². The first-order valence-corrected chi connectivity index (χ1v) is 12.8. The van der Waals surface area contributed by atoms with E-state index in [0.717, 1.165) is 16.9 Å². The van der Waals surface area contributed by atoms with Gasteiger partial charge in [-0.2, -0.15) is 0 Å². The van der Waals surface area contributed by atoms with Gasteiger partial charge in [0.15, 0.2) is 0 Å². The summed E-state index contributed by atoms with van der Waals surface area (Å²) in [4.78, 5) is 32.6.